The molecule has 0 aliphatic carbocycles. The van der Waals surface area contributed by atoms with Gasteiger partial charge in [0.05, 0.1) is 30.0 Å². The molecule has 9 heteroatoms. The van der Waals surface area contributed by atoms with Crippen molar-refractivity contribution in [2.24, 2.45) is 11.0 Å². The summed E-state index contributed by atoms with van der Waals surface area (Å²) in [4.78, 5) is 12.9. The molecule has 8 nitrogen and oxygen atoms in total. The largest absolute Gasteiger partial charge is 0.493 e. The van der Waals surface area contributed by atoms with Crippen LogP contribution in [0, 0.1) is 12.8 Å². The number of amides is 1. The Balaban J connectivity index is 1.78. The quantitative estimate of drug-likeness (QED) is 0.272. The van der Waals surface area contributed by atoms with E-state index in [1.54, 1.807) is 43.3 Å². The molecule has 0 unspecified atom stereocenters. The topological polar surface area (TPSA) is 97.3 Å². The van der Waals surface area contributed by atoms with Gasteiger partial charge < -0.3 is 9.47 Å². The fourth-order valence-electron chi connectivity index (χ4n) is 3.34. The van der Waals surface area contributed by atoms with Crippen molar-refractivity contribution in [1.82, 2.24) is 5.43 Å². The third-order valence-electron chi connectivity index (χ3n) is 5.20. The van der Waals surface area contributed by atoms with Crippen LogP contribution in [0.5, 0.6) is 11.5 Å². The number of aryl methyl sites for hydroxylation is 1. The number of hydrogen-bond acceptors (Lipinski definition) is 6. The van der Waals surface area contributed by atoms with E-state index in [1.807, 2.05) is 31.2 Å². The normalized spacial score (nSPS) is 11.5. The molecule has 0 aliphatic rings. The maximum Gasteiger partial charge on any atom is 0.264 e. The second-order valence-electron chi connectivity index (χ2n) is 8.79. The third kappa shape index (κ3) is 7.82. The summed E-state index contributed by atoms with van der Waals surface area (Å²) in [6, 6.07) is 20.5. The molecule has 1 N–H and O–H groups in total. The van der Waals surface area contributed by atoms with Crippen molar-refractivity contribution in [2.75, 3.05) is 24.1 Å². The molecule has 0 saturated heterocycles. The van der Waals surface area contributed by atoms with Crippen LogP contribution in [0.15, 0.2) is 82.8 Å². The van der Waals surface area contributed by atoms with Gasteiger partial charge in [-0.15, -0.1) is 0 Å². The summed E-state index contributed by atoms with van der Waals surface area (Å²) in [7, 11) is -4.07. The Morgan fingerprint density at radius 2 is 1.68 bits per heavy atom. The number of hydrogen-bond donors (Lipinski definition) is 1. The minimum Gasteiger partial charge on any atom is -0.493 e. The first kappa shape index (κ1) is 27.7. The molecule has 196 valence electrons. The third-order valence-corrected chi connectivity index (χ3v) is 6.97. The van der Waals surface area contributed by atoms with Crippen molar-refractivity contribution in [1.29, 1.82) is 0 Å². The van der Waals surface area contributed by atoms with E-state index >= 15 is 0 Å². The van der Waals surface area contributed by atoms with E-state index in [0.717, 1.165) is 21.2 Å². The lowest BCUT2D eigenvalue weighted by molar-refractivity contribution is -0.119. The smallest absolute Gasteiger partial charge is 0.264 e. The van der Waals surface area contributed by atoms with Crippen molar-refractivity contribution in [2.45, 2.75) is 32.6 Å². The van der Waals surface area contributed by atoms with Gasteiger partial charge in [0.1, 0.15) is 18.0 Å². The number of sulfonamides is 1. The molecular weight excluding hydrogens is 490 g/mol. The van der Waals surface area contributed by atoms with Crippen LogP contribution < -0.4 is 19.2 Å². The molecule has 3 aromatic rings. The van der Waals surface area contributed by atoms with Gasteiger partial charge >= 0.3 is 0 Å². The highest BCUT2D eigenvalue weighted by Crippen LogP contribution is 2.32. The van der Waals surface area contributed by atoms with Gasteiger partial charge in [-0.3, -0.25) is 9.10 Å². The maximum absolute atomic E-state index is 13.6. The molecule has 0 bridgehead atoms. The highest BCUT2D eigenvalue weighted by atomic mass is 32.2. The molecule has 0 atom stereocenters. The highest BCUT2D eigenvalue weighted by molar-refractivity contribution is 7.92. The highest BCUT2D eigenvalue weighted by Gasteiger charge is 2.29. The molecule has 0 saturated carbocycles. The fraction of sp³-hybridized carbons (Fsp3) is 0.286. The van der Waals surface area contributed by atoms with Crippen LogP contribution in [0.25, 0.3) is 0 Å². The number of benzene rings is 3. The first-order valence-corrected chi connectivity index (χ1v) is 13.5. The SMILES string of the molecule is CCOc1ccccc1N(CC(=O)N/N=C/c1ccc(OCC(C)C)cc1)S(=O)(=O)c1ccc(C)cc1. The standard InChI is InChI=1S/C28H33N3O5S/c1-5-35-27-9-7-6-8-26(27)31(37(33,34)25-16-10-22(4)11-17-25)19-28(32)30-29-18-23-12-14-24(15-13-23)36-20-21(2)3/h6-18,21H,5,19-20H2,1-4H3,(H,30,32)/b29-18+. The number of nitrogens with one attached hydrogen (secondary N) is 1. The van der Waals surface area contributed by atoms with E-state index in [9.17, 15) is 13.2 Å². The molecular formula is C28H33N3O5S. The molecule has 3 rings (SSSR count). The Kier molecular flexibility index (Phi) is 9.68. The number of ether oxygens (including phenoxy) is 2. The number of hydrazone groups is 1. The summed E-state index contributed by atoms with van der Waals surface area (Å²) in [5.74, 6) is 0.929. The summed E-state index contributed by atoms with van der Waals surface area (Å²) in [5, 5.41) is 4.00. The van der Waals surface area contributed by atoms with Gasteiger partial charge in [0.15, 0.2) is 0 Å². The van der Waals surface area contributed by atoms with Crippen LogP contribution in [-0.2, 0) is 14.8 Å². The van der Waals surface area contributed by atoms with Gasteiger partial charge in [0, 0.05) is 0 Å². The fourth-order valence-corrected chi connectivity index (χ4v) is 4.77. The molecule has 1 amide bonds. The van der Waals surface area contributed by atoms with Crippen molar-refractivity contribution >= 4 is 27.8 Å². The Hall–Kier alpha value is -3.85. The first-order valence-electron chi connectivity index (χ1n) is 12.1. The number of anilines is 1. The predicted molar refractivity (Wildman–Crippen MR) is 146 cm³/mol. The van der Waals surface area contributed by atoms with Gasteiger partial charge in [-0.1, -0.05) is 43.7 Å². The number of para-hydroxylation sites is 2. The number of carbonyl (C=O) groups is 1. The predicted octanol–water partition coefficient (Wildman–Crippen LogP) is 4.77. The minimum atomic E-state index is -4.07. The number of rotatable bonds is 12. The van der Waals surface area contributed by atoms with Gasteiger partial charge in [0.25, 0.3) is 15.9 Å². The van der Waals surface area contributed by atoms with Crippen molar-refractivity contribution in [3.63, 3.8) is 0 Å². The van der Waals surface area contributed by atoms with Crippen LogP contribution in [0.3, 0.4) is 0 Å². The van der Waals surface area contributed by atoms with Crippen molar-refractivity contribution in [3.05, 3.63) is 83.9 Å². The Bertz CT molecular complexity index is 1300. The monoisotopic (exact) mass is 523 g/mol. The summed E-state index contributed by atoms with van der Waals surface area (Å²) in [5.41, 5.74) is 4.36. The van der Waals surface area contributed by atoms with Gasteiger partial charge in [0.2, 0.25) is 0 Å². The van der Waals surface area contributed by atoms with Crippen LogP contribution in [-0.4, -0.2) is 40.3 Å². The Morgan fingerprint density at radius 1 is 1.00 bits per heavy atom. The van der Waals surface area contributed by atoms with E-state index in [4.69, 9.17) is 9.47 Å². The molecule has 0 fully saturated rings. The van der Waals surface area contributed by atoms with E-state index < -0.39 is 22.5 Å². The van der Waals surface area contributed by atoms with Crippen LogP contribution in [0.4, 0.5) is 5.69 Å². The minimum absolute atomic E-state index is 0.0699. The summed E-state index contributed by atoms with van der Waals surface area (Å²) in [6.07, 6.45) is 1.48. The molecule has 0 radical (unpaired) electrons. The van der Waals surface area contributed by atoms with Gasteiger partial charge in [-0.25, -0.2) is 13.8 Å². The van der Waals surface area contributed by atoms with Crippen molar-refractivity contribution < 1.29 is 22.7 Å². The van der Waals surface area contributed by atoms with Crippen LogP contribution in [0.2, 0.25) is 0 Å². The second-order valence-corrected chi connectivity index (χ2v) is 10.7. The Labute approximate surface area is 219 Å². The average Bonchev–Trinajstić information content (AvgIpc) is 2.87. The van der Waals surface area contributed by atoms with E-state index in [2.05, 4.69) is 24.4 Å². The van der Waals surface area contributed by atoms with Crippen LogP contribution >= 0.6 is 0 Å². The lowest BCUT2D eigenvalue weighted by Gasteiger charge is -2.25. The molecule has 0 spiro atoms. The molecule has 0 aliphatic heterocycles. The van der Waals surface area contributed by atoms with Gasteiger partial charge in [-0.05, 0) is 73.9 Å². The summed E-state index contributed by atoms with van der Waals surface area (Å²) >= 11 is 0. The molecule has 0 aromatic heterocycles. The number of carbonyl (C=O) groups excluding carboxylic acids is 1. The zero-order chi connectivity index (χ0) is 26.8. The number of nitrogens with zero attached hydrogens (tertiary/aromatic N) is 2. The zero-order valence-electron chi connectivity index (χ0n) is 21.5. The maximum atomic E-state index is 13.6. The molecule has 3 aromatic carbocycles. The summed E-state index contributed by atoms with van der Waals surface area (Å²) < 4.78 is 39.6. The van der Waals surface area contributed by atoms with Crippen molar-refractivity contribution in [3.8, 4) is 11.5 Å². The second kappa shape index (κ2) is 12.9. The van der Waals surface area contributed by atoms with Gasteiger partial charge in [-0.2, -0.15) is 5.10 Å². The average molecular weight is 524 g/mol. The van der Waals surface area contributed by atoms with E-state index in [0.29, 0.717) is 24.9 Å². The summed E-state index contributed by atoms with van der Waals surface area (Å²) in [6.45, 7) is 8.31. The lowest BCUT2D eigenvalue weighted by Crippen LogP contribution is -2.39. The Morgan fingerprint density at radius 3 is 2.32 bits per heavy atom. The van der Waals surface area contributed by atoms with E-state index in [-0.39, 0.29) is 10.6 Å². The molecule has 0 heterocycles. The van der Waals surface area contributed by atoms with E-state index in [1.165, 1.54) is 18.3 Å². The zero-order valence-corrected chi connectivity index (χ0v) is 22.4. The first-order chi connectivity index (χ1) is 17.7. The molecule has 37 heavy (non-hydrogen) atoms. The van der Waals surface area contributed by atoms with Crippen LogP contribution in [0.1, 0.15) is 31.9 Å². The lowest BCUT2D eigenvalue weighted by atomic mass is 10.2.